The fourth-order valence-corrected chi connectivity index (χ4v) is 2.84. The molecule has 2 rings (SSSR count). The van der Waals surface area contributed by atoms with Crippen molar-refractivity contribution in [2.24, 2.45) is 11.7 Å². The maximum absolute atomic E-state index is 6.15. The molecule has 1 aromatic carbocycles. The van der Waals surface area contributed by atoms with Gasteiger partial charge in [0.05, 0.1) is 0 Å². The molecule has 1 saturated carbocycles. The van der Waals surface area contributed by atoms with Crippen LogP contribution in [0.2, 0.25) is 5.02 Å². The van der Waals surface area contributed by atoms with Crippen LogP contribution in [0.15, 0.2) is 24.3 Å². The monoisotopic (exact) mass is 252 g/mol. The third-order valence-corrected chi connectivity index (χ3v) is 4.09. The van der Waals surface area contributed by atoms with E-state index >= 15 is 0 Å². The van der Waals surface area contributed by atoms with Crippen LogP contribution in [0.3, 0.4) is 0 Å². The second-order valence-corrected chi connectivity index (χ2v) is 5.27. The minimum Gasteiger partial charge on any atom is -0.330 e. The van der Waals surface area contributed by atoms with E-state index in [-0.39, 0.29) is 0 Å². The van der Waals surface area contributed by atoms with E-state index in [1.165, 1.54) is 31.2 Å². The molecular weight excluding hydrogens is 232 g/mol. The maximum Gasteiger partial charge on any atom is 0.0450 e. The summed E-state index contributed by atoms with van der Waals surface area (Å²) in [5.41, 5.74) is 7.00. The first-order valence-electron chi connectivity index (χ1n) is 6.48. The van der Waals surface area contributed by atoms with Crippen LogP contribution in [0.1, 0.15) is 31.2 Å². The molecule has 2 atom stereocenters. The number of hydrogen-bond donors (Lipinski definition) is 2. The van der Waals surface area contributed by atoms with E-state index in [0.717, 1.165) is 18.1 Å². The molecule has 0 heterocycles. The Morgan fingerprint density at radius 2 is 2.00 bits per heavy atom. The lowest BCUT2D eigenvalue weighted by atomic mass is 9.84. The van der Waals surface area contributed by atoms with E-state index in [4.69, 9.17) is 17.3 Å². The molecule has 1 aromatic rings. The number of hydrogen-bond acceptors (Lipinski definition) is 2. The molecule has 3 heteroatoms. The normalized spacial score (nSPS) is 24.8. The van der Waals surface area contributed by atoms with Crippen molar-refractivity contribution in [3.8, 4) is 0 Å². The van der Waals surface area contributed by atoms with Crippen LogP contribution in [0.25, 0.3) is 0 Å². The summed E-state index contributed by atoms with van der Waals surface area (Å²) in [6.45, 7) is 1.64. The third kappa shape index (κ3) is 3.44. The van der Waals surface area contributed by atoms with Crippen LogP contribution in [0, 0.1) is 5.92 Å². The number of halogens is 1. The van der Waals surface area contributed by atoms with Gasteiger partial charge in [-0.2, -0.15) is 0 Å². The highest BCUT2D eigenvalue weighted by atomic mass is 35.5. The summed E-state index contributed by atoms with van der Waals surface area (Å²) in [7, 11) is 0. The van der Waals surface area contributed by atoms with Gasteiger partial charge in [0.15, 0.2) is 0 Å². The van der Waals surface area contributed by atoms with E-state index in [1.54, 1.807) is 0 Å². The molecule has 0 spiro atoms. The predicted octanol–water partition coefficient (Wildman–Crippen LogP) is 2.95. The van der Waals surface area contributed by atoms with E-state index in [9.17, 15) is 0 Å². The Bertz CT molecular complexity index is 354. The minimum absolute atomic E-state index is 0.560. The molecule has 17 heavy (non-hydrogen) atoms. The summed E-state index contributed by atoms with van der Waals surface area (Å²) in [6, 6.07) is 8.58. The molecule has 0 aromatic heterocycles. The first-order valence-corrected chi connectivity index (χ1v) is 6.86. The molecule has 0 radical (unpaired) electrons. The van der Waals surface area contributed by atoms with Crippen molar-refractivity contribution in [3.63, 3.8) is 0 Å². The minimum atomic E-state index is 0.560. The zero-order chi connectivity index (χ0) is 12.1. The molecule has 2 unspecified atom stereocenters. The summed E-state index contributed by atoms with van der Waals surface area (Å²) < 4.78 is 0. The van der Waals surface area contributed by atoms with Crippen LogP contribution in [0.4, 0.5) is 0 Å². The van der Waals surface area contributed by atoms with Gasteiger partial charge in [0, 0.05) is 17.6 Å². The molecule has 2 nitrogen and oxygen atoms in total. The van der Waals surface area contributed by atoms with Gasteiger partial charge < -0.3 is 11.1 Å². The Labute approximate surface area is 109 Å². The maximum atomic E-state index is 6.15. The zero-order valence-corrected chi connectivity index (χ0v) is 10.9. The molecule has 1 aliphatic carbocycles. The third-order valence-electron chi connectivity index (χ3n) is 3.72. The molecular formula is C14H21ClN2. The van der Waals surface area contributed by atoms with E-state index in [0.29, 0.717) is 12.0 Å². The first kappa shape index (κ1) is 12.9. The van der Waals surface area contributed by atoms with Crippen molar-refractivity contribution < 1.29 is 0 Å². The van der Waals surface area contributed by atoms with Crippen LogP contribution < -0.4 is 11.1 Å². The Kier molecular flexibility index (Phi) is 4.84. The number of nitrogens with two attached hydrogens (primary N) is 1. The summed E-state index contributed by atoms with van der Waals surface area (Å²) >= 11 is 6.15. The average molecular weight is 253 g/mol. The fraction of sp³-hybridized carbons (Fsp3) is 0.571. The molecule has 3 N–H and O–H groups in total. The highest BCUT2D eigenvalue weighted by Gasteiger charge is 2.23. The number of nitrogens with one attached hydrogen (secondary N) is 1. The first-order chi connectivity index (χ1) is 8.31. The van der Waals surface area contributed by atoms with E-state index in [1.807, 2.05) is 18.2 Å². The zero-order valence-electron chi connectivity index (χ0n) is 10.2. The lowest BCUT2D eigenvalue weighted by molar-refractivity contribution is 0.267. The summed E-state index contributed by atoms with van der Waals surface area (Å²) in [5.74, 6) is 0.631. The molecule has 0 saturated heterocycles. The van der Waals surface area contributed by atoms with Crippen molar-refractivity contribution in [3.05, 3.63) is 34.9 Å². The van der Waals surface area contributed by atoms with E-state index in [2.05, 4.69) is 11.4 Å². The molecule has 1 aliphatic rings. The van der Waals surface area contributed by atoms with Crippen LogP contribution in [-0.4, -0.2) is 12.6 Å². The fourth-order valence-electron chi connectivity index (χ4n) is 2.64. The largest absolute Gasteiger partial charge is 0.330 e. The summed E-state index contributed by atoms with van der Waals surface area (Å²) in [6.07, 6.45) is 5.14. The Morgan fingerprint density at radius 1 is 1.24 bits per heavy atom. The van der Waals surface area contributed by atoms with Crippen molar-refractivity contribution >= 4 is 11.6 Å². The lowest BCUT2D eigenvalue weighted by Crippen LogP contribution is -2.41. The smallest absolute Gasteiger partial charge is 0.0450 e. The molecule has 0 amide bonds. The van der Waals surface area contributed by atoms with Gasteiger partial charge in [0.25, 0.3) is 0 Å². The standard InChI is InChI=1S/C14H21ClN2/c15-13-7-3-1-6-12(13)10-17-14-8-4-2-5-11(14)9-16/h1,3,6-7,11,14,17H,2,4-5,8-10,16H2. The van der Waals surface area contributed by atoms with Crippen molar-refractivity contribution in [1.29, 1.82) is 0 Å². The number of benzene rings is 1. The van der Waals surface area contributed by atoms with Gasteiger partial charge in [0.2, 0.25) is 0 Å². The second-order valence-electron chi connectivity index (χ2n) is 4.86. The predicted molar refractivity (Wildman–Crippen MR) is 73.1 cm³/mol. The molecule has 1 fully saturated rings. The van der Waals surface area contributed by atoms with Crippen LogP contribution in [-0.2, 0) is 6.54 Å². The van der Waals surface area contributed by atoms with Crippen molar-refractivity contribution in [1.82, 2.24) is 5.32 Å². The van der Waals surface area contributed by atoms with Crippen LogP contribution in [0.5, 0.6) is 0 Å². The summed E-state index contributed by atoms with van der Waals surface area (Å²) in [4.78, 5) is 0. The number of rotatable bonds is 4. The second kappa shape index (κ2) is 6.39. The SMILES string of the molecule is NCC1CCCCC1NCc1ccccc1Cl. The van der Waals surface area contributed by atoms with Gasteiger partial charge in [-0.25, -0.2) is 0 Å². The van der Waals surface area contributed by atoms with Crippen molar-refractivity contribution in [2.75, 3.05) is 6.54 Å². The van der Waals surface area contributed by atoms with Crippen LogP contribution >= 0.6 is 11.6 Å². The van der Waals surface area contributed by atoms with Crippen molar-refractivity contribution in [2.45, 2.75) is 38.3 Å². The average Bonchev–Trinajstić information content (AvgIpc) is 2.38. The summed E-state index contributed by atoms with van der Waals surface area (Å²) in [5, 5.41) is 4.46. The topological polar surface area (TPSA) is 38.0 Å². The van der Waals surface area contributed by atoms with Gasteiger partial charge in [-0.05, 0) is 36.9 Å². The molecule has 0 aliphatic heterocycles. The molecule has 94 valence electrons. The Balaban J connectivity index is 1.90. The highest BCUT2D eigenvalue weighted by molar-refractivity contribution is 6.31. The van der Waals surface area contributed by atoms with Gasteiger partial charge in [-0.1, -0.05) is 42.6 Å². The van der Waals surface area contributed by atoms with Gasteiger partial charge in [-0.15, -0.1) is 0 Å². The highest BCUT2D eigenvalue weighted by Crippen LogP contribution is 2.24. The van der Waals surface area contributed by atoms with Gasteiger partial charge in [0.1, 0.15) is 0 Å². The van der Waals surface area contributed by atoms with E-state index < -0.39 is 0 Å². The Morgan fingerprint density at radius 3 is 2.76 bits per heavy atom. The lowest BCUT2D eigenvalue weighted by Gasteiger charge is -2.31. The van der Waals surface area contributed by atoms with Gasteiger partial charge in [-0.3, -0.25) is 0 Å². The Hall–Kier alpha value is -0.570. The molecule has 0 bridgehead atoms. The quantitative estimate of drug-likeness (QED) is 0.865. The van der Waals surface area contributed by atoms with Gasteiger partial charge >= 0.3 is 0 Å².